The van der Waals surface area contributed by atoms with Crippen LogP contribution < -0.4 is 20.1 Å². The van der Waals surface area contributed by atoms with Gasteiger partial charge in [-0.2, -0.15) is 0 Å². The summed E-state index contributed by atoms with van der Waals surface area (Å²) in [5, 5.41) is 6.49. The molecule has 0 radical (unpaired) electrons. The summed E-state index contributed by atoms with van der Waals surface area (Å²) in [5.74, 6) is 2.52. The third-order valence-electron chi connectivity index (χ3n) is 4.80. The van der Waals surface area contributed by atoms with Gasteiger partial charge in [0.2, 0.25) is 0 Å². The van der Waals surface area contributed by atoms with Crippen molar-refractivity contribution in [3.05, 3.63) is 71.6 Å². The number of aryl methyl sites for hydroxylation is 1. The van der Waals surface area contributed by atoms with Gasteiger partial charge in [0.25, 0.3) is 0 Å². The molecular weight excluding hydrogens is 524 g/mol. The van der Waals surface area contributed by atoms with E-state index in [2.05, 4.69) is 20.6 Å². The van der Waals surface area contributed by atoms with Crippen molar-refractivity contribution in [3.8, 4) is 17.2 Å². The summed E-state index contributed by atoms with van der Waals surface area (Å²) in [7, 11) is 3.25. The molecule has 0 spiro atoms. The Morgan fingerprint density at radius 3 is 2.56 bits per heavy atom. The minimum atomic E-state index is -0.310. The van der Waals surface area contributed by atoms with Crippen LogP contribution in [0, 0.1) is 12.7 Å². The van der Waals surface area contributed by atoms with Crippen LogP contribution >= 0.6 is 24.0 Å². The van der Waals surface area contributed by atoms with E-state index in [1.807, 2.05) is 38.1 Å². The highest BCUT2D eigenvalue weighted by molar-refractivity contribution is 14.0. The summed E-state index contributed by atoms with van der Waals surface area (Å²) in [6.07, 6.45) is 3.39. The lowest BCUT2D eigenvalue weighted by atomic mass is 10.2. The molecular formula is C23H29FIN5O2. The van der Waals surface area contributed by atoms with Crippen LogP contribution in [-0.4, -0.2) is 36.3 Å². The molecule has 32 heavy (non-hydrogen) atoms. The fourth-order valence-corrected chi connectivity index (χ4v) is 3.17. The normalized spacial score (nSPS) is 11.0. The van der Waals surface area contributed by atoms with Gasteiger partial charge >= 0.3 is 0 Å². The Hall–Kier alpha value is -2.82. The molecule has 0 saturated heterocycles. The van der Waals surface area contributed by atoms with Crippen LogP contribution in [0.25, 0.3) is 5.69 Å². The molecule has 0 fully saturated rings. The largest absolute Gasteiger partial charge is 0.497 e. The van der Waals surface area contributed by atoms with Crippen molar-refractivity contribution < 1.29 is 13.9 Å². The molecule has 0 aliphatic heterocycles. The topological polar surface area (TPSA) is 72.7 Å². The maximum Gasteiger partial charge on any atom is 0.191 e. The molecule has 0 atom stereocenters. The SMILES string of the molecule is CCNC(=NCc1ccc(-n2ccnc2C)c(F)c1)NCc1ccc(OC)cc1OC.I. The number of nitrogens with zero attached hydrogens (tertiary/aromatic N) is 3. The van der Waals surface area contributed by atoms with Gasteiger partial charge < -0.3 is 24.7 Å². The molecule has 7 nitrogen and oxygen atoms in total. The third-order valence-corrected chi connectivity index (χ3v) is 4.80. The van der Waals surface area contributed by atoms with Gasteiger partial charge in [-0.1, -0.05) is 6.07 Å². The van der Waals surface area contributed by atoms with Gasteiger partial charge in [0, 0.05) is 37.1 Å². The number of hydrogen-bond donors (Lipinski definition) is 2. The number of aromatic nitrogens is 2. The molecule has 0 aliphatic carbocycles. The maximum absolute atomic E-state index is 14.6. The van der Waals surface area contributed by atoms with Crippen LogP contribution in [0.5, 0.6) is 11.5 Å². The zero-order valence-electron chi connectivity index (χ0n) is 18.7. The Morgan fingerprint density at radius 1 is 1.12 bits per heavy atom. The highest BCUT2D eigenvalue weighted by atomic mass is 127. The first-order valence-corrected chi connectivity index (χ1v) is 10.1. The lowest BCUT2D eigenvalue weighted by Gasteiger charge is -2.14. The minimum Gasteiger partial charge on any atom is -0.497 e. The minimum absolute atomic E-state index is 0. The number of rotatable bonds is 8. The van der Waals surface area contributed by atoms with E-state index in [0.29, 0.717) is 31.3 Å². The van der Waals surface area contributed by atoms with Gasteiger partial charge in [-0.15, -0.1) is 24.0 Å². The Kier molecular flexibility index (Phi) is 9.76. The molecule has 0 saturated carbocycles. The number of nitrogens with one attached hydrogen (secondary N) is 2. The fourth-order valence-electron chi connectivity index (χ4n) is 3.17. The summed E-state index contributed by atoms with van der Waals surface area (Å²) in [6, 6.07) is 10.8. The van der Waals surface area contributed by atoms with Crippen molar-refractivity contribution in [1.29, 1.82) is 0 Å². The third kappa shape index (κ3) is 6.35. The number of aliphatic imine (C=N–C) groups is 1. The number of methoxy groups -OCH3 is 2. The molecule has 1 aromatic heterocycles. The van der Waals surface area contributed by atoms with Crippen LogP contribution in [0.1, 0.15) is 23.9 Å². The first-order chi connectivity index (χ1) is 15.0. The number of hydrogen-bond acceptors (Lipinski definition) is 4. The van der Waals surface area contributed by atoms with E-state index in [1.165, 1.54) is 6.07 Å². The highest BCUT2D eigenvalue weighted by Gasteiger charge is 2.09. The van der Waals surface area contributed by atoms with Gasteiger partial charge in [-0.25, -0.2) is 14.4 Å². The highest BCUT2D eigenvalue weighted by Crippen LogP contribution is 2.24. The van der Waals surface area contributed by atoms with Crippen LogP contribution in [-0.2, 0) is 13.1 Å². The number of ether oxygens (including phenoxy) is 2. The van der Waals surface area contributed by atoms with Gasteiger partial charge in [0.05, 0.1) is 26.5 Å². The molecule has 0 aliphatic rings. The quantitative estimate of drug-likeness (QED) is 0.249. The average molecular weight is 553 g/mol. The standard InChI is InChI=1S/C23H28FN5O2.HI/c1-5-25-23(28-15-18-7-8-19(30-3)13-22(18)31-4)27-14-17-6-9-21(20(24)12-17)29-11-10-26-16(29)2;/h6-13H,5,14-15H2,1-4H3,(H2,25,27,28);1H. The van der Waals surface area contributed by atoms with Crippen LogP contribution in [0.4, 0.5) is 4.39 Å². The smallest absolute Gasteiger partial charge is 0.191 e. The summed E-state index contributed by atoms with van der Waals surface area (Å²) in [6.45, 7) is 5.40. The van der Waals surface area contributed by atoms with Crippen molar-refractivity contribution >= 4 is 29.9 Å². The summed E-state index contributed by atoms with van der Waals surface area (Å²) in [5.41, 5.74) is 2.22. The van der Waals surface area contributed by atoms with E-state index in [4.69, 9.17) is 9.47 Å². The van der Waals surface area contributed by atoms with E-state index < -0.39 is 0 Å². The van der Waals surface area contributed by atoms with Crippen molar-refractivity contribution in [2.45, 2.75) is 26.9 Å². The summed E-state index contributed by atoms with van der Waals surface area (Å²) in [4.78, 5) is 8.73. The zero-order valence-corrected chi connectivity index (χ0v) is 21.0. The second kappa shape index (κ2) is 12.3. The molecule has 2 N–H and O–H groups in total. The first-order valence-electron chi connectivity index (χ1n) is 10.1. The number of guanidine groups is 1. The number of imidazole rings is 1. The second-order valence-corrected chi connectivity index (χ2v) is 6.86. The molecule has 172 valence electrons. The predicted molar refractivity (Wildman–Crippen MR) is 135 cm³/mol. The second-order valence-electron chi connectivity index (χ2n) is 6.86. The van der Waals surface area contributed by atoms with Crippen LogP contribution in [0.2, 0.25) is 0 Å². The molecule has 0 unspecified atom stereocenters. The van der Waals surface area contributed by atoms with Gasteiger partial charge in [-0.3, -0.25) is 0 Å². The molecule has 0 bridgehead atoms. The van der Waals surface area contributed by atoms with Gasteiger partial charge in [0.1, 0.15) is 23.1 Å². The Morgan fingerprint density at radius 2 is 1.94 bits per heavy atom. The molecule has 3 rings (SSSR count). The fraction of sp³-hybridized carbons (Fsp3) is 0.304. The van der Waals surface area contributed by atoms with E-state index in [1.54, 1.807) is 37.2 Å². The van der Waals surface area contributed by atoms with Crippen LogP contribution in [0.15, 0.2) is 53.8 Å². The van der Waals surface area contributed by atoms with E-state index in [9.17, 15) is 4.39 Å². The average Bonchev–Trinajstić information content (AvgIpc) is 3.21. The number of benzene rings is 2. The number of halogens is 2. The lowest BCUT2D eigenvalue weighted by Crippen LogP contribution is -2.36. The molecule has 0 amide bonds. The van der Waals surface area contributed by atoms with Crippen molar-refractivity contribution in [2.75, 3.05) is 20.8 Å². The first kappa shape index (κ1) is 25.4. The summed E-state index contributed by atoms with van der Waals surface area (Å²) >= 11 is 0. The van der Waals surface area contributed by atoms with Crippen LogP contribution in [0.3, 0.4) is 0 Å². The Labute approximate surface area is 205 Å². The molecule has 1 heterocycles. The predicted octanol–water partition coefficient (Wildman–Crippen LogP) is 4.21. The Balaban J connectivity index is 0.00000363. The zero-order chi connectivity index (χ0) is 22.2. The molecule has 9 heteroatoms. The monoisotopic (exact) mass is 553 g/mol. The van der Waals surface area contributed by atoms with E-state index in [0.717, 1.165) is 28.5 Å². The molecule has 2 aromatic carbocycles. The van der Waals surface area contributed by atoms with Crippen molar-refractivity contribution in [3.63, 3.8) is 0 Å². The summed E-state index contributed by atoms with van der Waals surface area (Å²) < 4.78 is 27.0. The van der Waals surface area contributed by atoms with Gasteiger partial charge in [-0.05, 0) is 43.7 Å². The van der Waals surface area contributed by atoms with Crippen molar-refractivity contribution in [1.82, 2.24) is 20.2 Å². The molecule has 3 aromatic rings. The van der Waals surface area contributed by atoms with E-state index in [-0.39, 0.29) is 29.8 Å². The van der Waals surface area contributed by atoms with Crippen molar-refractivity contribution in [2.24, 2.45) is 4.99 Å². The lowest BCUT2D eigenvalue weighted by molar-refractivity contribution is 0.390. The van der Waals surface area contributed by atoms with E-state index >= 15 is 0 Å². The maximum atomic E-state index is 14.6. The Bertz CT molecular complexity index is 1050. The van der Waals surface area contributed by atoms with Gasteiger partial charge in [0.15, 0.2) is 5.96 Å².